The maximum Gasteiger partial charge on any atom is 0.253 e. The number of methoxy groups -OCH3 is 1. The summed E-state index contributed by atoms with van der Waals surface area (Å²) in [5.41, 5.74) is 0.850. The first-order valence-electron chi connectivity index (χ1n) is 7.34. The first-order valence-corrected chi connectivity index (χ1v) is 7.34. The smallest absolute Gasteiger partial charge is 0.253 e. The van der Waals surface area contributed by atoms with Gasteiger partial charge in [-0.15, -0.1) is 0 Å². The monoisotopic (exact) mass is 317 g/mol. The average molecular weight is 317 g/mol. The summed E-state index contributed by atoms with van der Waals surface area (Å²) >= 11 is 0. The second kappa shape index (κ2) is 6.70. The molecule has 2 aromatic rings. The molecule has 0 unspecified atom stereocenters. The van der Waals surface area contributed by atoms with Crippen molar-refractivity contribution in [1.29, 1.82) is 0 Å². The van der Waals surface area contributed by atoms with Gasteiger partial charge in [-0.05, 0) is 17.7 Å². The van der Waals surface area contributed by atoms with E-state index >= 15 is 0 Å². The number of fused-ring (bicyclic) bond motifs is 1. The minimum absolute atomic E-state index is 0.198. The molecular weight excluding hydrogens is 298 g/mol. The zero-order chi connectivity index (χ0) is 16.2. The quantitative estimate of drug-likeness (QED) is 0.896. The molecule has 0 bridgehead atoms. The summed E-state index contributed by atoms with van der Waals surface area (Å²) in [4.78, 5) is 20.7. The summed E-state index contributed by atoms with van der Waals surface area (Å²) < 4.78 is 16.1. The van der Waals surface area contributed by atoms with Crippen molar-refractivity contribution in [3.63, 3.8) is 0 Å². The molecule has 0 radical (unpaired) electrons. The molecule has 1 aliphatic rings. The largest absolute Gasteiger partial charge is 0.486 e. The number of aromatic nitrogens is 2. The van der Waals surface area contributed by atoms with Gasteiger partial charge in [0, 0.05) is 26.8 Å². The third kappa shape index (κ3) is 3.62. The highest BCUT2D eigenvalue weighted by atomic mass is 16.6. The van der Waals surface area contributed by atoms with Gasteiger partial charge in [0.1, 0.15) is 31.5 Å². The Labute approximate surface area is 133 Å². The zero-order valence-corrected chi connectivity index (χ0v) is 13.2. The molecule has 23 heavy (non-hydrogen) atoms. The van der Waals surface area contributed by atoms with Crippen LogP contribution in [0.5, 0.6) is 11.5 Å². The highest BCUT2D eigenvalue weighted by Gasteiger charge is 2.13. The lowest BCUT2D eigenvalue weighted by molar-refractivity contribution is 0.171. The van der Waals surface area contributed by atoms with Crippen molar-refractivity contribution in [1.82, 2.24) is 9.97 Å². The standard InChI is InChI=1S/C16H19N3O4/c1-19(15-8-16(20)18-14(17-15)10-21-2)9-11-3-4-12-13(7-11)23-6-5-22-12/h3-4,7-8H,5-6,9-10H2,1-2H3,(H,17,18,20). The topological polar surface area (TPSA) is 76.7 Å². The van der Waals surface area contributed by atoms with Crippen LogP contribution in [-0.4, -0.2) is 37.3 Å². The summed E-state index contributed by atoms with van der Waals surface area (Å²) in [6, 6.07) is 7.30. The van der Waals surface area contributed by atoms with Crippen LogP contribution in [0.25, 0.3) is 0 Å². The van der Waals surface area contributed by atoms with E-state index in [0.29, 0.717) is 31.4 Å². The number of nitrogens with zero attached hydrogens (tertiary/aromatic N) is 2. The molecule has 7 nitrogen and oxygen atoms in total. The van der Waals surface area contributed by atoms with E-state index in [1.807, 2.05) is 30.1 Å². The van der Waals surface area contributed by atoms with Crippen molar-refractivity contribution < 1.29 is 14.2 Å². The van der Waals surface area contributed by atoms with Gasteiger partial charge in [0.15, 0.2) is 11.5 Å². The van der Waals surface area contributed by atoms with Gasteiger partial charge in [0.25, 0.3) is 5.56 Å². The van der Waals surface area contributed by atoms with Crippen molar-refractivity contribution in [2.24, 2.45) is 0 Å². The van der Waals surface area contributed by atoms with Gasteiger partial charge in [0.05, 0.1) is 0 Å². The van der Waals surface area contributed by atoms with Gasteiger partial charge >= 0.3 is 0 Å². The number of rotatable bonds is 5. The van der Waals surface area contributed by atoms with E-state index in [1.165, 1.54) is 6.07 Å². The van der Waals surface area contributed by atoms with Crippen molar-refractivity contribution in [2.75, 3.05) is 32.3 Å². The van der Waals surface area contributed by atoms with Crippen LogP contribution in [0.1, 0.15) is 11.4 Å². The zero-order valence-electron chi connectivity index (χ0n) is 13.2. The molecule has 1 aromatic carbocycles. The van der Waals surface area contributed by atoms with Crippen molar-refractivity contribution >= 4 is 5.82 Å². The Morgan fingerprint density at radius 2 is 2.04 bits per heavy atom. The SMILES string of the molecule is COCc1nc(N(C)Cc2ccc3c(c2)OCCO3)cc(=O)[nH]1. The lowest BCUT2D eigenvalue weighted by Gasteiger charge is -2.21. The Morgan fingerprint density at radius 1 is 1.26 bits per heavy atom. The van der Waals surface area contributed by atoms with Crippen LogP contribution in [0.2, 0.25) is 0 Å². The van der Waals surface area contributed by atoms with Crippen molar-refractivity contribution in [2.45, 2.75) is 13.2 Å². The number of nitrogens with one attached hydrogen (secondary N) is 1. The number of hydrogen-bond acceptors (Lipinski definition) is 6. The summed E-state index contributed by atoms with van der Waals surface area (Å²) in [5.74, 6) is 2.61. The lowest BCUT2D eigenvalue weighted by atomic mass is 10.2. The minimum Gasteiger partial charge on any atom is -0.486 e. The predicted molar refractivity (Wildman–Crippen MR) is 85.1 cm³/mol. The molecule has 7 heteroatoms. The Kier molecular flexibility index (Phi) is 4.47. The van der Waals surface area contributed by atoms with E-state index in [1.54, 1.807) is 7.11 Å². The number of aromatic amines is 1. The highest BCUT2D eigenvalue weighted by Crippen LogP contribution is 2.31. The van der Waals surface area contributed by atoms with Crippen molar-refractivity contribution in [3.05, 3.63) is 46.0 Å². The molecule has 1 aliphatic heterocycles. The van der Waals surface area contributed by atoms with Crippen LogP contribution in [0.4, 0.5) is 5.82 Å². The second-order valence-corrected chi connectivity index (χ2v) is 5.32. The second-order valence-electron chi connectivity index (χ2n) is 5.32. The number of anilines is 1. The summed E-state index contributed by atoms with van der Waals surface area (Å²) in [5, 5.41) is 0. The van der Waals surface area contributed by atoms with Gasteiger partial charge in [-0.25, -0.2) is 4.98 Å². The van der Waals surface area contributed by atoms with Crippen LogP contribution in [0.15, 0.2) is 29.1 Å². The fourth-order valence-electron chi connectivity index (χ4n) is 2.44. The Morgan fingerprint density at radius 3 is 2.83 bits per heavy atom. The van der Waals surface area contributed by atoms with Crippen LogP contribution in [-0.2, 0) is 17.9 Å². The predicted octanol–water partition coefficient (Wildman–Crippen LogP) is 1.32. The van der Waals surface area contributed by atoms with Crippen molar-refractivity contribution in [3.8, 4) is 11.5 Å². The van der Waals surface area contributed by atoms with Crippen LogP contribution >= 0.6 is 0 Å². The molecule has 0 fully saturated rings. The minimum atomic E-state index is -0.198. The molecule has 0 amide bonds. The molecule has 0 aliphatic carbocycles. The molecular formula is C16H19N3O4. The molecule has 0 spiro atoms. The molecule has 122 valence electrons. The molecule has 2 heterocycles. The Bertz CT molecular complexity index is 744. The average Bonchev–Trinajstić information content (AvgIpc) is 2.54. The molecule has 0 saturated heterocycles. The summed E-state index contributed by atoms with van der Waals surface area (Å²) in [7, 11) is 3.45. The third-order valence-corrected chi connectivity index (χ3v) is 3.48. The first kappa shape index (κ1) is 15.4. The first-order chi connectivity index (χ1) is 11.2. The fraction of sp³-hybridized carbons (Fsp3) is 0.375. The highest BCUT2D eigenvalue weighted by molar-refractivity contribution is 5.45. The van der Waals surface area contributed by atoms with E-state index in [2.05, 4.69) is 9.97 Å². The maximum absolute atomic E-state index is 11.7. The number of H-pyrrole nitrogens is 1. The van der Waals surface area contributed by atoms with Gasteiger partial charge in [-0.1, -0.05) is 6.07 Å². The molecule has 1 N–H and O–H groups in total. The summed E-state index contributed by atoms with van der Waals surface area (Å²) in [6.45, 7) is 1.99. The Balaban J connectivity index is 1.78. The molecule has 0 saturated carbocycles. The number of ether oxygens (including phenoxy) is 3. The van der Waals surface area contributed by atoms with E-state index in [0.717, 1.165) is 17.1 Å². The Hall–Kier alpha value is -2.54. The number of hydrogen-bond donors (Lipinski definition) is 1. The van der Waals surface area contributed by atoms with Gasteiger partial charge in [-0.3, -0.25) is 4.79 Å². The third-order valence-electron chi connectivity index (χ3n) is 3.48. The van der Waals surface area contributed by atoms with Crippen LogP contribution in [0.3, 0.4) is 0 Å². The van der Waals surface area contributed by atoms with E-state index in [4.69, 9.17) is 14.2 Å². The van der Waals surface area contributed by atoms with Crippen LogP contribution in [0, 0.1) is 0 Å². The van der Waals surface area contributed by atoms with Gasteiger partial charge in [0.2, 0.25) is 0 Å². The number of benzene rings is 1. The maximum atomic E-state index is 11.7. The fourth-order valence-corrected chi connectivity index (χ4v) is 2.44. The van der Waals surface area contributed by atoms with E-state index in [-0.39, 0.29) is 12.2 Å². The molecule has 1 aromatic heterocycles. The van der Waals surface area contributed by atoms with Gasteiger partial charge < -0.3 is 24.1 Å². The van der Waals surface area contributed by atoms with E-state index < -0.39 is 0 Å². The van der Waals surface area contributed by atoms with Gasteiger partial charge in [-0.2, -0.15) is 0 Å². The summed E-state index contributed by atoms with van der Waals surface area (Å²) in [6.07, 6.45) is 0. The van der Waals surface area contributed by atoms with Crippen LogP contribution < -0.4 is 19.9 Å². The molecule has 3 rings (SSSR count). The lowest BCUT2D eigenvalue weighted by Crippen LogP contribution is -2.22. The van der Waals surface area contributed by atoms with E-state index in [9.17, 15) is 4.79 Å². The molecule has 0 atom stereocenters. The normalized spacial score (nSPS) is 13.0.